The topological polar surface area (TPSA) is 100 Å². The molecule has 6 nitrogen and oxygen atoms in total. The Kier molecular flexibility index (Phi) is 6.55. The Morgan fingerprint density at radius 3 is 2.06 bits per heavy atom. The molecule has 0 radical (unpaired) electrons. The molecule has 0 aliphatic carbocycles. The zero-order valence-electron chi connectivity index (χ0n) is 19.2. The maximum Gasteiger partial charge on any atom is 0.232 e. The van der Waals surface area contributed by atoms with E-state index in [-0.39, 0.29) is 0 Å². The van der Waals surface area contributed by atoms with E-state index in [1.165, 1.54) is 0 Å². The molecule has 6 heteroatoms. The predicted octanol–water partition coefficient (Wildman–Crippen LogP) is 5.73. The molecule has 0 aliphatic heterocycles. The summed E-state index contributed by atoms with van der Waals surface area (Å²) >= 11 is 0. The zero-order chi connectivity index (χ0) is 24.0. The highest BCUT2D eigenvalue weighted by Crippen LogP contribution is 2.32. The highest BCUT2D eigenvalue weighted by molar-refractivity contribution is 5.79. The second-order valence-electron chi connectivity index (χ2n) is 8.24. The Morgan fingerprint density at radius 1 is 0.714 bits per heavy atom. The van der Waals surface area contributed by atoms with Crippen LogP contribution in [-0.4, -0.2) is 16.6 Å². The number of benzene rings is 3. The van der Waals surface area contributed by atoms with Gasteiger partial charge >= 0.3 is 0 Å². The number of nitrogens with zero attached hydrogens (tertiary/aromatic N) is 2. The Balaban J connectivity index is 1.44. The van der Waals surface area contributed by atoms with Crippen molar-refractivity contribution in [2.75, 3.05) is 12.3 Å². The summed E-state index contributed by atoms with van der Waals surface area (Å²) in [6, 6.07) is 26.0. The molecular formula is C29H26N4O2. The van der Waals surface area contributed by atoms with Gasteiger partial charge in [0, 0.05) is 35.3 Å². The maximum atomic E-state index is 5.98. The van der Waals surface area contributed by atoms with E-state index in [1.807, 2.05) is 66.7 Å². The Hall–Kier alpha value is -4.42. The fourth-order valence-electron chi connectivity index (χ4n) is 3.86. The second kappa shape index (κ2) is 10.2. The molecule has 0 spiro atoms. The molecule has 5 rings (SSSR count). The molecule has 0 atom stereocenters. The predicted molar refractivity (Wildman–Crippen MR) is 139 cm³/mol. The van der Waals surface area contributed by atoms with E-state index in [4.69, 9.17) is 30.6 Å². The van der Waals surface area contributed by atoms with E-state index in [0.29, 0.717) is 19.0 Å². The first-order valence-electron chi connectivity index (χ1n) is 11.5. The third-order valence-electron chi connectivity index (χ3n) is 5.85. The summed E-state index contributed by atoms with van der Waals surface area (Å²) in [4.78, 5) is 9.59. The van der Waals surface area contributed by atoms with Crippen LogP contribution in [0, 0.1) is 0 Å². The van der Waals surface area contributed by atoms with Gasteiger partial charge in [0.25, 0.3) is 0 Å². The third kappa shape index (κ3) is 5.23. The normalized spacial score (nSPS) is 10.9. The highest BCUT2D eigenvalue weighted by Gasteiger charge is 2.14. The van der Waals surface area contributed by atoms with Crippen LogP contribution in [0.5, 0.6) is 5.88 Å². The van der Waals surface area contributed by atoms with Crippen molar-refractivity contribution in [2.24, 2.45) is 5.73 Å². The third-order valence-corrected chi connectivity index (χ3v) is 5.85. The van der Waals surface area contributed by atoms with Gasteiger partial charge in [-0.2, -0.15) is 0 Å². The largest absolute Gasteiger partial charge is 0.476 e. The lowest BCUT2D eigenvalue weighted by Gasteiger charge is -2.12. The summed E-state index contributed by atoms with van der Waals surface area (Å²) in [5.74, 6) is 0.483. The van der Waals surface area contributed by atoms with E-state index >= 15 is 0 Å². The van der Waals surface area contributed by atoms with Crippen LogP contribution in [0.25, 0.3) is 33.6 Å². The molecule has 2 aromatic heterocycles. The van der Waals surface area contributed by atoms with Gasteiger partial charge in [0.1, 0.15) is 5.69 Å². The molecule has 0 amide bonds. The molecule has 0 saturated heterocycles. The SMILES string of the molecule is NCc1ccc(-c2ncc(OCCc3ccc(N)cc3)nc2-c2ccc(-c3ccoc3)cc2)cc1. The van der Waals surface area contributed by atoms with Crippen molar-refractivity contribution < 1.29 is 9.15 Å². The minimum absolute atomic E-state index is 0.483. The van der Waals surface area contributed by atoms with Gasteiger partial charge < -0.3 is 20.6 Å². The molecule has 0 saturated carbocycles. The van der Waals surface area contributed by atoms with Crippen molar-refractivity contribution in [1.29, 1.82) is 0 Å². The van der Waals surface area contributed by atoms with Crippen LogP contribution in [-0.2, 0) is 13.0 Å². The number of ether oxygens (including phenoxy) is 1. The van der Waals surface area contributed by atoms with Gasteiger partial charge in [0.15, 0.2) is 0 Å². The standard InChI is InChI=1S/C29H26N4O2/c30-17-21-1-5-23(6-2-21)28-29(24-9-7-22(8-10-24)25-14-15-34-19-25)33-27(18-32-28)35-16-13-20-3-11-26(31)12-4-20/h1-12,14-15,18-19H,13,16-17,30-31H2. The fourth-order valence-corrected chi connectivity index (χ4v) is 3.86. The number of hydrogen-bond donors (Lipinski definition) is 2. The van der Waals surface area contributed by atoms with Crippen molar-refractivity contribution >= 4 is 5.69 Å². The molecule has 0 fully saturated rings. The van der Waals surface area contributed by atoms with E-state index in [2.05, 4.69) is 12.1 Å². The molecule has 3 aromatic carbocycles. The van der Waals surface area contributed by atoms with Gasteiger partial charge in [-0.25, -0.2) is 9.97 Å². The molecule has 0 bridgehead atoms. The van der Waals surface area contributed by atoms with Crippen molar-refractivity contribution in [1.82, 2.24) is 9.97 Å². The van der Waals surface area contributed by atoms with Gasteiger partial charge in [0.2, 0.25) is 5.88 Å². The lowest BCUT2D eigenvalue weighted by atomic mass is 10.0. The summed E-state index contributed by atoms with van der Waals surface area (Å²) in [5, 5.41) is 0. The summed E-state index contributed by atoms with van der Waals surface area (Å²) in [6.45, 7) is 0.983. The van der Waals surface area contributed by atoms with Gasteiger partial charge in [-0.1, -0.05) is 60.7 Å². The lowest BCUT2D eigenvalue weighted by molar-refractivity contribution is 0.308. The molecule has 2 heterocycles. The first-order chi connectivity index (χ1) is 17.2. The monoisotopic (exact) mass is 462 g/mol. The van der Waals surface area contributed by atoms with Gasteiger partial charge in [-0.3, -0.25) is 0 Å². The smallest absolute Gasteiger partial charge is 0.232 e. The van der Waals surface area contributed by atoms with Crippen LogP contribution in [0.4, 0.5) is 5.69 Å². The van der Waals surface area contributed by atoms with Crippen molar-refractivity contribution in [2.45, 2.75) is 13.0 Å². The Labute approximate surface area is 204 Å². The number of rotatable bonds is 8. The molecule has 4 N–H and O–H groups in total. The Morgan fingerprint density at radius 2 is 1.37 bits per heavy atom. The van der Waals surface area contributed by atoms with E-state index < -0.39 is 0 Å². The fraction of sp³-hybridized carbons (Fsp3) is 0.103. The number of hydrogen-bond acceptors (Lipinski definition) is 6. The molecule has 0 unspecified atom stereocenters. The average Bonchev–Trinajstić information content (AvgIpc) is 3.45. The maximum absolute atomic E-state index is 5.98. The molecule has 5 aromatic rings. The van der Waals surface area contributed by atoms with E-state index in [9.17, 15) is 0 Å². The number of aromatic nitrogens is 2. The highest BCUT2D eigenvalue weighted by atomic mass is 16.5. The Bertz CT molecular complexity index is 1380. The number of furan rings is 1. The van der Waals surface area contributed by atoms with Gasteiger partial charge in [-0.05, 0) is 34.9 Å². The minimum atomic E-state index is 0.483. The number of nitrogen functional groups attached to an aromatic ring is 1. The summed E-state index contributed by atoms with van der Waals surface area (Å²) in [7, 11) is 0. The lowest BCUT2D eigenvalue weighted by Crippen LogP contribution is -2.05. The first-order valence-corrected chi connectivity index (χ1v) is 11.5. The van der Waals surface area contributed by atoms with Crippen molar-refractivity contribution in [3.05, 3.63) is 109 Å². The quantitative estimate of drug-likeness (QED) is 0.286. The van der Waals surface area contributed by atoms with Crippen LogP contribution >= 0.6 is 0 Å². The van der Waals surface area contributed by atoms with Gasteiger partial charge in [0.05, 0.1) is 31.0 Å². The molecule has 0 aliphatic rings. The first kappa shape index (κ1) is 22.4. The average molecular weight is 463 g/mol. The van der Waals surface area contributed by atoms with Crippen LogP contribution in [0.3, 0.4) is 0 Å². The molecule has 35 heavy (non-hydrogen) atoms. The van der Waals surface area contributed by atoms with E-state index in [1.54, 1.807) is 18.7 Å². The second-order valence-corrected chi connectivity index (χ2v) is 8.24. The summed E-state index contributed by atoms with van der Waals surface area (Å²) in [6.07, 6.45) is 5.83. The van der Waals surface area contributed by atoms with Crippen LogP contribution in [0.15, 0.2) is 102 Å². The number of anilines is 1. The van der Waals surface area contributed by atoms with Crippen LogP contribution in [0.2, 0.25) is 0 Å². The zero-order valence-corrected chi connectivity index (χ0v) is 19.2. The molecular weight excluding hydrogens is 436 g/mol. The van der Waals surface area contributed by atoms with Crippen LogP contribution < -0.4 is 16.2 Å². The minimum Gasteiger partial charge on any atom is -0.476 e. The van der Waals surface area contributed by atoms with E-state index in [0.717, 1.165) is 56.9 Å². The summed E-state index contributed by atoms with van der Waals surface area (Å²) < 4.78 is 11.2. The van der Waals surface area contributed by atoms with Crippen LogP contribution in [0.1, 0.15) is 11.1 Å². The molecule has 174 valence electrons. The van der Waals surface area contributed by atoms with Gasteiger partial charge in [-0.15, -0.1) is 0 Å². The summed E-state index contributed by atoms with van der Waals surface area (Å²) in [5.41, 5.74) is 20.1. The van der Waals surface area contributed by atoms with Crippen molar-refractivity contribution in [3.63, 3.8) is 0 Å². The number of nitrogens with two attached hydrogens (primary N) is 2. The van der Waals surface area contributed by atoms with Crippen molar-refractivity contribution in [3.8, 4) is 39.5 Å².